The summed E-state index contributed by atoms with van der Waals surface area (Å²) in [5.74, 6) is 0.676. The first-order valence-corrected chi connectivity index (χ1v) is 7.90. The van der Waals surface area contributed by atoms with E-state index in [1.54, 1.807) is 31.4 Å². The van der Waals surface area contributed by atoms with Crippen LogP contribution in [0.1, 0.15) is 31.4 Å². The van der Waals surface area contributed by atoms with Gasteiger partial charge in [-0.15, -0.1) is 0 Å². The summed E-state index contributed by atoms with van der Waals surface area (Å²) in [4.78, 5) is 23.8. The molecule has 0 bridgehead atoms. The molecule has 6 heteroatoms. The van der Waals surface area contributed by atoms with Gasteiger partial charge in [0.2, 0.25) is 11.8 Å². The van der Waals surface area contributed by atoms with Crippen LogP contribution in [0.15, 0.2) is 41.0 Å². The standard InChI is InChI=1S/C17H17ClN2O3/c1-2-16(21)19-10-5-6-13(18)14(8-10)20-17(22)12-9-11(12)15-4-3-7-23-15/h3-8,11-12H,2,9H2,1H3,(H,19,21)(H,20,22)/t11-,12-/m1/s1. The topological polar surface area (TPSA) is 71.3 Å². The zero-order chi connectivity index (χ0) is 16.4. The molecule has 1 heterocycles. The highest BCUT2D eigenvalue weighted by atomic mass is 35.5. The quantitative estimate of drug-likeness (QED) is 0.868. The van der Waals surface area contributed by atoms with Gasteiger partial charge in [0.05, 0.1) is 17.0 Å². The number of benzene rings is 1. The molecule has 1 fully saturated rings. The summed E-state index contributed by atoms with van der Waals surface area (Å²) in [5, 5.41) is 6.01. The monoisotopic (exact) mass is 332 g/mol. The molecule has 5 nitrogen and oxygen atoms in total. The lowest BCUT2D eigenvalue weighted by molar-refractivity contribution is -0.117. The van der Waals surface area contributed by atoms with Gasteiger partial charge in [-0.05, 0) is 36.8 Å². The predicted octanol–water partition coefficient (Wildman–Crippen LogP) is 4.02. The third-order valence-electron chi connectivity index (χ3n) is 3.86. The van der Waals surface area contributed by atoms with Gasteiger partial charge >= 0.3 is 0 Å². The summed E-state index contributed by atoms with van der Waals surface area (Å²) in [6.45, 7) is 1.77. The summed E-state index contributed by atoms with van der Waals surface area (Å²) >= 11 is 6.13. The van der Waals surface area contributed by atoms with Crippen LogP contribution in [0.5, 0.6) is 0 Å². The van der Waals surface area contributed by atoms with Crippen molar-refractivity contribution in [3.05, 3.63) is 47.4 Å². The van der Waals surface area contributed by atoms with E-state index in [9.17, 15) is 9.59 Å². The number of carbonyl (C=O) groups is 2. The van der Waals surface area contributed by atoms with E-state index in [0.29, 0.717) is 22.8 Å². The van der Waals surface area contributed by atoms with E-state index < -0.39 is 0 Å². The minimum atomic E-state index is -0.105. The average molecular weight is 333 g/mol. The largest absolute Gasteiger partial charge is 0.469 e. The lowest BCUT2D eigenvalue weighted by atomic mass is 10.2. The molecule has 3 rings (SSSR count). The molecule has 2 atom stereocenters. The van der Waals surface area contributed by atoms with E-state index in [-0.39, 0.29) is 23.7 Å². The Morgan fingerprint density at radius 3 is 2.83 bits per heavy atom. The van der Waals surface area contributed by atoms with E-state index >= 15 is 0 Å². The van der Waals surface area contributed by atoms with Crippen LogP contribution in [-0.2, 0) is 9.59 Å². The molecule has 2 N–H and O–H groups in total. The molecule has 1 saturated carbocycles. The average Bonchev–Trinajstić information content (AvgIpc) is 3.16. The Morgan fingerprint density at radius 2 is 2.13 bits per heavy atom. The SMILES string of the molecule is CCC(=O)Nc1ccc(Cl)c(NC(=O)[C@@H]2C[C@H]2c2ccco2)c1. The Bertz CT molecular complexity index is 727. The summed E-state index contributed by atoms with van der Waals surface area (Å²) in [5.41, 5.74) is 1.10. The number of anilines is 2. The van der Waals surface area contributed by atoms with Gasteiger partial charge in [0.25, 0.3) is 0 Å². The van der Waals surface area contributed by atoms with Crippen LogP contribution in [0, 0.1) is 5.92 Å². The maximum Gasteiger partial charge on any atom is 0.228 e. The van der Waals surface area contributed by atoms with Crippen LogP contribution in [0.3, 0.4) is 0 Å². The van der Waals surface area contributed by atoms with Gasteiger partial charge in [-0.25, -0.2) is 0 Å². The summed E-state index contributed by atoms with van der Waals surface area (Å²) in [7, 11) is 0. The van der Waals surface area contributed by atoms with Crippen LogP contribution in [0.25, 0.3) is 0 Å². The maximum absolute atomic E-state index is 12.3. The zero-order valence-corrected chi connectivity index (χ0v) is 13.4. The van der Waals surface area contributed by atoms with Crippen molar-refractivity contribution >= 4 is 34.8 Å². The normalized spacial score (nSPS) is 19.2. The van der Waals surface area contributed by atoms with E-state index in [1.807, 2.05) is 12.1 Å². The van der Waals surface area contributed by atoms with Crippen LogP contribution in [-0.4, -0.2) is 11.8 Å². The number of furan rings is 1. The van der Waals surface area contributed by atoms with Crippen molar-refractivity contribution in [1.29, 1.82) is 0 Å². The molecule has 120 valence electrons. The fraction of sp³-hybridized carbons (Fsp3) is 0.294. The Labute approximate surface area is 139 Å². The Kier molecular flexibility index (Phi) is 4.39. The molecule has 0 unspecified atom stereocenters. The van der Waals surface area contributed by atoms with Gasteiger partial charge < -0.3 is 15.1 Å². The van der Waals surface area contributed by atoms with E-state index in [4.69, 9.17) is 16.0 Å². The lowest BCUT2D eigenvalue weighted by Crippen LogP contribution is -2.15. The molecule has 1 aromatic heterocycles. The van der Waals surface area contributed by atoms with Crippen LogP contribution in [0.4, 0.5) is 11.4 Å². The molecule has 2 amide bonds. The van der Waals surface area contributed by atoms with Crippen molar-refractivity contribution < 1.29 is 14.0 Å². The Balaban J connectivity index is 1.66. The van der Waals surface area contributed by atoms with Crippen molar-refractivity contribution in [3.63, 3.8) is 0 Å². The highest BCUT2D eigenvalue weighted by molar-refractivity contribution is 6.34. The minimum Gasteiger partial charge on any atom is -0.469 e. The first kappa shape index (κ1) is 15.6. The second kappa shape index (κ2) is 6.46. The van der Waals surface area contributed by atoms with Gasteiger partial charge in [-0.3, -0.25) is 9.59 Å². The number of hydrogen-bond donors (Lipinski definition) is 2. The van der Waals surface area contributed by atoms with Crippen LogP contribution in [0.2, 0.25) is 5.02 Å². The summed E-state index contributed by atoms with van der Waals surface area (Å²) < 4.78 is 5.33. The first-order valence-electron chi connectivity index (χ1n) is 7.52. The van der Waals surface area contributed by atoms with Crippen LogP contribution < -0.4 is 10.6 Å². The molecule has 1 aliphatic carbocycles. The molecular formula is C17H17ClN2O3. The number of carbonyl (C=O) groups excluding carboxylic acids is 2. The van der Waals surface area contributed by atoms with Gasteiger partial charge in [0.1, 0.15) is 5.76 Å². The molecule has 23 heavy (non-hydrogen) atoms. The number of hydrogen-bond acceptors (Lipinski definition) is 3. The van der Waals surface area contributed by atoms with Gasteiger partial charge in [0, 0.05) is 23.9 Å². The molecule has 1 aliphatic rings. The molecule has 0 aliphatic heterocycles. The summed E-state index contributed by atoms with van der Waals surface area (Å²) in [6.07, 6.45) is 2.76. The predicted molar refractivity (Wildman–Crippen MR) is 88.6 cm³/mol. The van der Waals surface area contributed by atoms with Gasteiger partial charge in [-0.1, -0.05) is 18.5 Å². The van der Waals surface area contributed by atoms with E-state index in [2.05, 4.69) is 10.6 Å². The molecule has 0 spiro atoms. The Hall–Kier alpha value is -2.27. The third kappa shape index (κ3) is 3.56. The molecule has 0 radical (unpaired) electrons. The second-order valence-corrected chi connectivity index (χ2v) is 5.96. The summed E-state index contributed by atoms with van der Waals surface area (Å²) in [6, 6.07) is 8.72. The van der Waals surface area contributed by atoms with E-state index in [1.165, 1.54) is 0 Å². The first-order chi connectivity index (χ1) is 11.1. The van der Waals surface area contributed by atoms with Crippen molar-refractivity contribution in [2.24, 2.45) is 5.92 Å². The molecule has 2 aromatic rings. The smallest absolute Gasteiger partial charge is 0.228 e. The number of rotatable bonds is 5. The van der Waals surface area contributed by atoms with E-state index in [0.717, 1.165) is 12.2 Å². The van der Waals surface area contributed by atoms with Gasteiger partial charge in [0.15, 0.2) is 0 Å². The van der Waals surface area contributed by atoms with Crippen molar-refractivity contribution in [2.75, 3.05) is 10.6 Å². The molecular weight excluding hydrogens is 316 g/mol. The fourth-order valence-corrected chi connectivity index (χ4v) is 2.64. The number of nitrogens with one attached hydrogen (secondary N) is 2. The maximum atomic E-state index is 12.3. The fourth-order valence-electron chi connectivity index (χ4n) is 2.48. The zero-order valence-electron chi connectivity index (χ0n) is 12.6. The Morgan fingerprint density at radius 1 is 1.30 bits per heavy atom. The van der Waals surface area contributed by atoms with Crippen molar-refractivity contribution in [3.8, 4) is 0 Å². The second-order valence-electron chi connectivity index (χ2n) is 5.55. The minimum absolute atomic E-state index is 0.0905. The highest BCUT2D eigenvalue weighted by Crippen LogP contribution is 2.48. The number of halogens is 1. The molecule has 0 saturated heterocycles. The molecule has 1 aromatic carbocycles. The van der Waals surface area contributed by atoms with Crippen LogP contribution >= 0.6 is 11.6 Å². The van der Waals surface area contributed by atoms with Crippen molar-refractivity contribution in [1.82, 2.24) is 0 Å². The highest BCUT2D eigenvalue weighted by Gasteiger charge is 2.45. The van der Waals surface area contributed by atoms with Gasteiger partial charge in [-0.2, -0.15) is 0 Å². The lowest BCUT2D eigenvalue weighted by Gasteiger charge is -2.10. The number of amides is 2. The third-order valence-corrected chi connectivity index (χ3v) is 4.19. The van der Waals surface area contributed by atoms with Crippen molar-refractivity contribution in [2.45, 2.75) is 25.7 Å².